The molecule has 26 heavy (non-hydrogen) atoms. The molecule has 1 fully saturated rings. The van der Waals surface area contributed by atoms with E-state index in [0.29, 0.717) is 17.5 Å². The molecule has 0 atom stereocenters. The molecule has 1 aliphatic rings. The maximum atomic E-state index is 10.2. The minimum absolute atomic E-state index is 0.198. The molecule has 2 aromatic carbocycles. The molecule has 1 N–H and O–H groups in total. The number of hydrogen-bond acceptors (Lipinski definition) is 5. The van der Waals surface area contributed by atoms with Gasteiger partial charge < -0.3 is 14.7 Å². The van der Waals surface area contributed by atoms with E-state index in [0.717, 1.165) is 48.2 Å². The van der Waals surface area contributed by atoms with Crippen molar-refractivity contribution in [3.63, 3.8) is 0 Å². The molecule has 0 unspecified atom stereocenters. The number of phenolic OH excluding ortho intramolecular Hbond substituents is 1. The van der Waals surface area contributed by atoms with Crippen LogP contribution in [-0.4, -0.2) is 41.4 Å². The van der Waals surface area contributed by atoms with E-state index in [2.05, 4.69) is 30.0 Å². The molecular weight excluding hydrogens is 326 g/mol. The van der Waals surface area contributed by atoms with Crippen LogP contribution in [0.4, 0.5) is 5.82 Å². The summed E-state index contributed by atoms with van der Waals surface area (Å²) in [6.07, 6.45) is 2.29. The fourth-order valence-corrected chi connectivity index (χ4v) is 3.55. The maximum absolute atomic E-state index is 10.2. The first kappa shape index (κ1) is 16.8. The number of nitrogens with zero attached hydrogens (tertiary/aromatic N) is 3. The summed E-state index contributed by atoms with van der Waals surface area (Å²) in [6, 6.07) is 13.5. The van der Waals surface area contributed by atoms with Crippen LogP contribution < -0.4 is 4.90 Å². The Kier molecular flexibility index (Phi) is 4.47. The number of ether oxygens (including phenoxy) is 1. The summed E-state index contributed by atoms with van der Waals surface area (Å²) in [5.41, 5.74) is 2.72. The highest BCUT2D eigenvalue weighted by Gasteiger charge is 2.22. The van der Waals surface area contributed by atoms with E-state index in [1.807, 2.05) is 12.1 Å². The van der Waals surface area contributed by atoms with Crippen molar-refractivity contribution in [2.24, 2.45) is 0 Å². The molecule has 0 bridgehead atoms. The van der Waals surface area contributed by atoms with Gasteiger partial charge in [-0.3, -0.25) is 0 Å². The van der Waals surface area contributed by atoms with Gasteiger partial charge in [0.05, 0.1) is 17.2 Å². The Balaban J connectivity index is 1.84. The predicted molar refractivity (Wildman–Crippen MR) is 104 cm³/mol. The van der Waals surface area contributed by atoms with Crippen LogP contribution in [0.3, 0.4) is 0 Å². The van der Waals surface area contributed by atoms with Crippen molar-refractivity contribution in [3.8, 4) is 17.1 Å². The average molecular weight is 349 g/mol. The molecule has 1 aliphatic heterocycles. The Morgan fingerprint density at radius 2 is 1.85 bits per heavy atom. The first-order valence-electron chi connectivity index (χ1n) is 9.00. The van der Waals surface area contributed by atoms with Gasteiger partial charge in [0.15, 0.2) is 5.82 Å². The SMILES string of the molecule is COC1CCN(c2nc(-c3ccccc3O)nc3cc(C)ccc23)CC1. The molecule has 5 nitrogen and oxygen atoms in total. The molecule has 5 heteroatoms. The van der Waals surface area contributed by atoms with Crippen molar-refractivity contribution in [1.82, 2.24) is 9.97 Å². The molecule has 3 aromatic rings. The Labute approximate surface area is 153 Å². The zero-order valence-corrected chi connectivity index (χ0v) is 15.1. The van der Waals surface area contributed by atoms with Gasteiger partial charge in [-0.1, -0.05) is 18.2 Å². The summed E-state index contributed by atoms with van der Waals surface area (Å²) >= 11 is 0. The van der Waals surface area contributed by atoms with Gasteiger partial charge in [-0.15, -0.1) is 0 Å². The molecule has 1 saturated heterocycles. The lowest BCUT2D eigenvalue weighted by molar-refractivity contribution is 0.0818. The number of anilines is 1. The molecule has 2 heterocycles. The van der Waals surface area contributed by atoms with Crippen molar-refractivity contribution in [2.75, 3.05) is 25.1 Å². The monoisotopic (exact) mass is 349 g/mol. The number of piperidine rings is 1. The van der Waals surface area contributed by atoms with Gasteiger partial charge in [0.2, 0.25) is 0 Å². The molecule has 4 rings (SSSR count). The number of fused-ring (bicyclic) bond motifs is 1. The standard InChI is InChI=1S/C21H23N3O2/c1-14-7-8-16-18(13-14)22-20(17-5-3-4-6-19(17)25)23-21(16)24-11-9-15(26-2)10-12-24/h3-8,13,15,25H,9-12H2,1-2H3. The van der Waals surface area contributed by atoms with E-state index < -0.39 is 0 Å². The van der Waals surface area contributed by atoms with Crippen LogP contribution >= 0.6 is 0 Å². The lowest BCUT2D eigenvalue weighted by Gasteiger charge is -2.32. The van der Waals surface area contributed by atoms with Gasteiger partial charge in [-0.2, -0.15) is 0 Å². The Bertz CT molecular complexity index is 934. The maximum Gasteiger partial charge on any atom is 0.165 e. The molecule has 0 amide bonds. The fourth-order valence-electron chi connectivity index (χ4n) is 3.55. The molecule has 0 radical (unpaired) electrons. The quantitative estimate of drug-likeness (QED) is 0.776. The zero-order valence-electron chi connectivity index (χ0n) is 15.1. The van der Waals surface area contributed by atoms with Gasteiger partial charge >= 0.3 is 0 Å². The lowest BCUT2D eigenvalue weighted by Crippen LogP contribution is -2.37. The third kappa shape index (κ3) is 3.10. The second-order valence-corrected chi connectivity index (χ2v) is 6.83. The van der Waals surface area contributed by atoms with Gasteiger partial charge in [-0.25, -0.2) is 9.97 Å². The van der Waals surface area contributed by atoms with Gasteiger partial charge in [-0.05, 0) is 49.6 Å². The number of phenols is 1. The largest absolute Gasteiger partial charge is 0.507 e. The van der Waals surface area contributed by atoms with Crippen molar-refractivity contribution < 1.29 is 9.84 Å². The van der Waals surface area contributed by atoms with E-state index in [1.165, 1.54) is 0 Å². The highest BCUT2D eigenvalue weighted by molar-refractivity contribution is 5.91. The first-order chi connectivity index (χ1) is 12.7. The van der Waals surface area contributed by atoms with E-state index in [9.17, 15) is 5.11 Å². The normalized spacial score (nSPS) is 15.5. The smallest absolute Gasteiger partial charge is 0.165 e. The van der Waals surface area contributed by atoms with Crippen molar-refractivity contribution in [2.45, 2.75) is 25.9 Å². The van der Waals surface area contributed by atoms with Crippen LogP contribution in [0.15, 0.2) is 42.5 Å². The number of para-hydroxylation sites is 1. The molecule has 0 spiro atoms. The van der Waals surface area contributed by atoms with Gasteiger partial charge in [0.1, 0.15) is 11.6 Å². The summed E-state index contributed by atoms with van der Waals surface area (Å²) in [5.74, 6) is 1.69. The average Bonchev–Trinajstić information content (AvgIpc) is 2.67. The summed E-state index contributed by atoms with van der Waals surface area (Å²) in [6.45, 7) is 3.86. The number of benzene rings is 2. The highest BCUT2D eigenvalue weighted by Crippen LogP contribution is 2.33. The van der Waals surface area contributed by atoms with Crippen LogP contribution in [0.2, 0.25) is 0 Å². The molecule has 0 aliphatic carbocycles. The first-order valence-corrected chi connectivity index (χ1v) is 9.00. The highest BCUT2D eigenvalue weighted by atomic mass is 16.5. The number of hydrogen-bond donors (Lipinski definition) is 1. The van der Waals surface area contributed by atoms with E-state index in [-0.39, 0.29) is 5.75 Å². The third-order valence-electron chi connectivity index (χ3n) is 5.05. The molecule has 0 saturated carbocycles. The molecule has 134 valence electrons. The van der Waals surface area contributed by atoms with E-state index in [1.54, 1.807) is 19.2 Å². The summed E-state index contributed by atoms with van der Waals surface area (Å²) in [5, 5.41) is 11.3. The minimum atomic E-state index is 0.198. The van der Waals surface area contributed by atoms with Crippen LogP contribution in [0.5, 0.6) is 5.75 Å². The Morgan fingerprint density at radius 3 is 2.58 bits per heavy atom. The molecular formula is C21H23N3O2. The fraction of sp³-hybridized carbons (Fsp3) is 0.333. The predicted octanol–water partition coefficient (Wildman–Crippen LogP) is 3.93. The van der Waals surface area contributed by atoms with Crippen LogP contribution in [-0.2, 0) is 4.74 Å². The Hall–Kier alpha value is -2.66. The van der Waals surface area contributed by atoms with E-state index >= 15 is 0 Å². The van der Waals surface area contributed by atoms with Gasteiger partial charge in [0, 0.05) is 25.6 Å². The van der Waals surface area contributed by atoms with Crippen molar-refractivity contribution >= 4 is 16.7 Å². The number of aromatic hydroxyl groups is 1. The Morgan fingerprint density at radius 1 is 1.08 bits per heavy atom. The van der Waals surface area contributed by atoms with Crippen LogP contribution in [0, 0.1) is 6.92 Å². The lowest BCUT2D eigenvalue weighted by atomic mass is 10.1. The van der Waals surface area contributed by atoms with Crippen LogP contribution in [0.25, 0.3) is 22.3 Å². The minimum Gasteiger partial charge on any atom is -0.507 e. The molecule has 1 aromatic heterocycles. The zero-order chi connectivity index (χ0) is 18.1. The summed E-state index contributed by atoms with van der Waals surface area (Å²) in [7, 11) is 1.78. The number of aryl methyl sites for hydroxylation is 1. The number of rotatable bonds is 3. The van der Waals surface area contributed by atoms with Crippen LogP contribution in [0.1, 0.15) is 18.4 Å². The van der Waals surface area contributed by atoms with Gasteiger partial charge in [0.25, 0.3) is 0 Å². The summed E-state index contributed by atoms with van der Waals surface area (Å²) < 4.78 is 5.49. The topological polar surface area (TPSA) is 58.5 Å². The van der Waals surface area contributed by atoms with Crippen molar-refractivity contribution in [1.29, 1.82) is 0 Å². The number of methoxy groups -OCH3 is 1. The summed E-state index contributed by atoms with van der Waals surface area (Å²) in [4.78, 5) is 11.9. The van der Waals surface area contributed by atoms with E-state index in [4.69, 9.17) is 14.7 Å². The second-order valence-electron chi connectivity index (χ2n) is 6.83. The number of aromatic nitrogens is 2. The third-order valence-corrected chi connectivity index (χ3v) is 5.05. The second kappa shape index (κ2) is 6.92. The van der Waals surface area contributed by atoms with Crippen molar-refractivity contribution in [3.05, 3.63) is 48.0 Å².